The average molecular weight is 259 g/mol. The van der Waals surface area contributed by atoms with Gasteiger partial charge in [-0.2, -0.15) is 0 Å². The lowest BCUT2D eigenvalue weighted by Crippen LogP contribution is -2.34. The molecule has 92 valence electrons. The molecule has 0 saturated heterocycles. The lowest BCUT2D eigenvalue weighted by molar-refractivity contribution is -0.384. The number of aliphatic hydroxyl groups is 1. The first-order valence-corrected chi connectivity index (χ1v) is 5.19. The molecule has 1 aromatic rings. The van der Waals surface area contributed by atoms with Gasteiger partial charge in [0.25, 0.3) is 11.6 Å². The zero-order valence-corrected chi connectivity index (χ0v) is 9.77. The van der Waals surface area contributed by atoms with Gasteiger partial charge in [0.2, 0.25) is 0 Å². The second-order valence-electron chi connectivity index (χ2n) is 3.48. The van der Waals surface area contributed by atoms with Crippen LogP contribution in [0.1, 0.15) is 17.3 Å². The molecule has 1 atom stereocenters. The van der Waals surface area contributed by atoms with E-state index in [0.717, 1.165) is 0 Å². The zero-order chi connectivity index (χ0) is 13.0. The standard InChI is InChI=1S/C10H11ClN2O4/c1-6(5-14)12-10(15)7-2-3-9(13(16)17)8(11)4-7/h2-4,6,14H,5H2,1H3,(H,12,15). The third-order valence-electron chi connectivity index (χ3n) is 2.06. The summed E-state index contributed by atoms with van der Waals surface area (Å²) in [4.78, 5) is 21.5. The number of nitrogens with zero attached hydrogens (tertiary/aromatic N) is 1. The molecule has 0 aromatic heterocycles. The smallest absolute Gasteiger partial charge is 0.287 e. The molecule has 0 radical (unpaired) electrons. The van der Waals surface area contributed by atoms with E-state index in [-0.39, 0.29) is 22.9 Å². The Hall–Kier alpha value is -1.66. The van der Waals surface area contributed by atoms with Crippen LogP contribution >= 0.6 is 11.6 Å². The Morgan fingerprint density at radius 1 is 1.65 bits per heavy atom. The van der Waals surface area contributed by atoms with Crippen molar-refractivity contribution in [2.24, 2.45) is 0 Å². The minimum absolute atomic E-state index is 0.0979. The molecular weight excluding hydrogens is 248 g/mol. The Balaban J connectivity index is 2.90. The third-order valence-corrected chi connectivity index (χ3v) is 2.36. The topological polar surface area (TPSA) is 92.5 Å². The van der Waals surface area contributed by atoms with Crippen LogP contribution < -0.4 is 5.32 Å². The van der Waals surface area contributed by atoms with Gasteiger partial charge in [-0.05, 0) is 19.1 Å². The summed E-state index contributed by atoms with van der Waals surface area (Å²) in [6.45, 7) is 1.44. The fourth-order valence-electron chi connectivity index (χ4n) is 1.15. The molecule has 0 spiro atoms. The molecular formula is C10H11ClN2O4. The first-order chi connectivity index (χ1) is 7.95. The van der Waals surface area contributed by atoms with E-state index < -0.39 is 16.9 Å². The second-order valence-corrected chi connectivity index (χ2v) is 3.89. The lowest BCUT2D eigenvalue weighted by atomic mass is 10.2. The first kappa shape index (κ1) is 13.4. The van der Waals surface area contributed by atoms with Gasteiger partial charge < -0.3 is 10.4 Å². The zero-order valence-electron chi connectivity index (χ0n) is 9.01. The molecule has 0 saturated carbocycles. The maximum Gasteiger partial charge on any atom is 0.287 e. The highest BCUT2D eigenvalue weighted by Crippen LogP contribution is 2.24. The number of hydrogen-bond donors (Lipinski definition) is 2. The van der Waals surface area contributed by atoms with Gasteiger partial charge in [-0.15, -0.1) is 0 Å². The lowest BCUT2D eigenvalue weighted by Gasteiger charge is -2.10. The van der Waals surface area contributed by atoms with Crippen LogP contribution in [0.4, 0.5) is 5.69 Å². The van der Waals surface area contributed by atoms with E-state index in [2.05, 4.69) is 5.32 Å². The van der Waals surface area contributed by atoms with Crippen LogP contribution in [0.5, 0.6) is 0 Å². The highest BCUT2D eigenvalue weighted by Gasteiger charge is 2.16. The van der Waals surface area contributed by atoms with Crippen molar-refractivity contribution in [3.8, 4) is 0 Å². The van der Waals surface area contributed by atoms with Crippen molar-refractivity contribution in [3.05, 3.63) is 38.9 Å². The van der Waals surface area contributed by atoms with Crippen molar-refractivity contribution < 1.29 is 14.8 Å². The molecule has 0 heterocycles. The van der Waals surface area contributed by atoms with E-state index in [1.807, 2.05) is 0 Å². The van der Waals surface area contributed by atoms with Gasteiger partial charge in [-0.1, -0.05) is 11.6 Å². The largest absolute Gasteiger partial charge is 0.394 e. The Bertz CT molecular complexity index is 450. The van der Waals surface area contributed by atoms with Crippen molar-refractivity contribution in [2.75, 3.05) is 6.61 Å². The molecule has 2 N–H and O–H groups in total. The molecule has 1 rings (SSSR count). The predicted molar refractivity (Wildman–Crippen MR) is 62.1 cm³/mol. The van der Waals surface area contributed by atoms with Crippen LogP contribution in [0.2, 0.25) is 5.02 Å². The Labute approximate surface area is 102 Å². The van der Waals surface area contributed by atoms with Crippen molar-refractivity contribution in [1.82, 2.24) is 5.32 Å². The van der Waals surface area contributed by atoms with Gasteiger partial charge in [0.05, 0.1) is 11.5 Å². The number of rotatable bonds is 4. The number of nitro benzene ring substituents is 1. The summed E-state index contributed by atoms with van der Waals surface area (Å²) in [7, 11) is 0. The van der Waals surface area contributed by atoms with E-state index >= 15 is 0 Å². The van der Waals surface area contributed by atoms with E-state index in [9.17, 15) is 14.9 Å². The van der Waals surface area contributed by atoms with Gasteiger partial charge in [0.1, 0.15) is 5.02 Å². The van der Waals surface area contributed by atoms with Crippen LogP contribution in [-0.4, -0.2) is 28.6 Å². The molecule has 0 fully saturated rings. The van der Waals surface area contributed by atoms with Crippen LogP contribution in [0.15, 0.2) is 18.2 Å². The number of carbonyl (C=O) groups excluding carboxylic acids is 1. The fraction of sp³-hybridized carbons (Fsp3) is 0.300. The van der Waals surface area contributed by atoms with Gasteiger partial charge in [-0.25, -0.2) is 0 Å². The van der Waals surface area contributed by atoms with Gasteiger partial charge in [-0.3, -0.25) is 14.9 Å². The average Bonchev–Trinajstić information content (AvgIpc) is 2.28. The fourth-order valence-corrected chi connectivity index (χ4v) is 1.40. The van der Waals surface area contributed by atoms with Crippen molar-refractivity contribution in [2.45, 2.75) is 13.0 Å². The van der Waals surface area contributed by atoms with Crippen LogP contribution in [0.25, 0.3) is 0 Å². The molecule has 1 amide bonds. The molecule has 0 aliphatic carbocycles. The third kappa shape index (κ3) is 3.40. The Kier molecular flexibility index (Phi) is 4.42. The summed E-state index contributed by atoms with van der Waals surface area (Å²) in [5, 5.41) is 21.7. The summed E-state index contributed by atoms with van der Waals surface area (Å²) in [5.74, 6) is -0.441. The van der Waals surface area contributed by atoms with Crippen LogP contribution in [0, 0.1) is 10.1 Å². The second kappa shape index (κ2) is 5.60. The molecule has 1 unspecified atom stereocenters. The number of nitrogens with one attached hydrogen (secondary N) is 1. The summed E-state index contributed by atoms with van der Waals surface area (Å²) >= 11 is 5.67. The predicted octanol–water partition coefficient (Wildman–Crippen LogP) is 1.36. The minimum Gasteiger partial charge on any atom is -0.394 e. The molecule has 17 heavy (non-hydrogen) atoms. The molecule has 1 aromatic carbocycles. The molecule has 0 aliphatic rings. The van der Waals surface area contributed by atoms with E-state index in [1.165, 1.54) is 18.2 Å². The number of hydrogen-bond acceptors (Lipinski definition) is 4. The maximum absolute atomic E-state index is 11.6. The summed E-state index contributed by atoms with van der Waals surface area (Å²) in [6.07, 6.45) is 0. The summed E-state index contributed by atoms with van der Waals surface area (Å²) in [6, 6.07) is 3.31. The normalized spacial score (nSPS) is 11.9. The van der Waals surface area contributed by atoms with Crippen LogP contribution in [0.3, 0.4) is 0 Å². The summed E-state index contributed by atoms with van der Waals surface area (Å²) in [5.41, 5.74) is -0.0423. The SMILES string of the molecule is CC(CO)NC(=O)c1ccc([N+](=O)[O-])c(Cl)c1. The number of aliphatic hydroxyl groups excluding tert-OH is 1. The summed E-state index contributed by atoms with van der Waals surface area (Å²) < 4.78 is 0. The van der Waals surface area contributed by atoms with Crippen molar-refractivity contribution in [3.63, 3.8) is 0 Å². The van der Waals surface area contributed by atoms with E-state index in [4.69, 9.17) is 16.7 Å². The quantitative estimate of drug-likeness (QED) is 0.630. The Morgan fingerprint density at radius 2 is 2.29 bits per heavy atom. The number of carbonyl (C=O) groups is 1. The number of halogens is 1. The van der Waals surface area contributed by atoms with Gasteiger partial charge in [0, 0.05) is 17.7 Å². The van der Waals surface area contributed by atoms with E-state index in [0.29, 0.717) is 0 Å². The molecule has 6 nitrogen and oxygen atoms in total. The number of amides is 1. The molecule has 0 bridgehead atoms. The van der Waals surface area contributed by atoms with Crippen molar-refractivity contribution in [1.29, 1.82) is 0 Å². The molecule has 7 heteroatoms. The Morgan fingerprint density at radius 3 is 2.76 bits per heavy atom. The number of benzene rings is 1. The highest BCUT2D eigenvalue weighted by atomic mass is 35.5. The first-order valence-electron chi connectivity index (χ1n) is 4.81. The van der Waals surface area contributed by atoms with Crippen molar-refractivity contribution >= 4 is 23.2 Å². The van der Waals surface area contributed by atoms with Crippen LogP contribution in [-0.2, 0) is 0 Å². The number of nitro groups is 1. The molecule has 0 aliphatic heterocycles. The maximum atomic E-state index is 11.6. The van der Waals surface area contributed by atoms with E-state index in [1.54, 1.807) is 6.92 Å². The van der Waals surface area contributed by atoms with Gasteiger partial charge >= 0.3 is 0 Å². The highest BCUT2D eigenvalue weighted by molar-refractivity contribution is 6.33. The minimum atomic E-state index is -0.625. The van der Waals surface area contributed by atoms with Gasteiger partial charge in [0.15, 0.2) is 0 Å². The monoisotopic (exact) mass is 258 g/mol.